The highest BCUT2D eigenvalue weighted by molar-refractivity contribution is 7.99. The summed E-state index contributed by atoms with van der Waals surface area (Å²) in [6.07, 6.45) is 0. The Kier molecular flexibility index (Phi) is 5.83. The van der Waals surface area contributed by atoms with Crippen molar-refractivity contribution in [1.29, 1.82) is 0 Å². The molecule has 8 nitrogen and oxygen atoms in total. The maximum absolute atomic E-state index is 13.2. The number of nitro groups is 1. The maximum Gasteiger partial charge on any atom is 0.292 e. The number of aryl methyl sites for hydroxylation is 1. The van der Waals surface area contributed by atoms with Crippen molar-refractivity contribution < 1.29 is 9.72 Å². The molecule has 2 aromatic heterocycles. The second kappa shape index (κ2) is 8.70. The molecule has 0 spiro atoms. The Morgan fingerprint density at radius 3 is 2.65 bits per heavy atom. The number of thioether (sulfide) groups is 1. The van der Waals surface area contributed by atoms with E-state index in [-0.39, 0.29) is 22.7 Å². The Balaban J connectivity index is 1.65. The number of thiophene rings is 1. The first-order valence-electron chi connectivity index (χ1n) is 9.19. The average Bonchev–Trinajstić information content (AvgIpc) is 3.14. The molecule has 0 aliphatic rings. The van der Waals surface area contributed by atoms with Crippen molar-refractivity contribution in [3.8, 4) is 5.69 Å². The minimum absolute atomic E-state index is 0.0683. The van der Waals surface area contributed by atoms with Crippen LogP contribution in [0.3, 0.4) is 0 Å². The summed E-state index contributed by atoms with van der Waals surface area (Å²) in [6.45, 7) is 1.91. The van der Waals surface area contributed by atoms with E-state index in [1.807, 2.05) is 31.2 Å². The molecule has 0 aliphatic heterocycles. The van der Waals surface area contributed by atoms with Gasteiger partial charge < -0.3 is 5.32 Å². The number of aromatic nitrogens is 2. The third-order valence-electron chi connectivity index (χ3n) is 4.38. The zero-order chi connectivity index (χ0) is 22.0. The molecule has 31 heavy (non-hydrogen) atoms. The van der Waals surface area contributed by atoms with Gasteiger partial charge in [-0.05, 0) is 31.2 Å². The van der Waals surface area contributed by atoms with Crippen LogP contribution in [0.25, 0.3) is 15.9 Å². The molecule has 0 saturated heterocycles. The van der Waals surface area contributed by atoms with Crippen molar-refractivity contribution >= 4 is 50.6 Å². The second-order valence-corrected chi connectivity index (χ2v) is 8.73. The van der Waals surface area contributed by atoms with Crippen LogP contribution < -0.4 is 10.9 Å². The first-order valence-corrected chi connectivity index (χ1v) is 11.0. The lowest BCUT2D eigenvalue weighted by Crippen LogP contribution is -2.22. The van der Waals surface area contributed by atoms with Gasteiger partial charge in [0.2, 0.25) is 5.91 Å². The van der Waals surface area contributed by atoms with Crippen molar-refractivity contribution in [3.05, 3.63) is 86.0 Å². The molecular weight excluding hydrogens is 436 g/mol. The van der Waals surface area contributed by atoms with E-state index in [2.05, 4.69) is 10.3 Å². The van der Waals surface area contributed by atoms with E-state index in [0.29, 0.717) is 21.1 Å². The molecule has 4 rings (SSSR count). The normalized spacial score (nSPS) is 10.9. The monoisotopic (exact) mass is 452 g/mol. The largest absolute Gasteiger partial charge is 0.320 e. The Labute approximate surface area is 184 Å². The SMILES string of the molecule is Cc1cc2c(=O)n(-c3ccccc3)c(SCC(=O)Nc3ccccc3[N+](=O)[O-])nc2s1. The smallest absolute Gasteiger partial charge is 0.292 e. The highest BCUT2D eigenvalue weighted by Gasteiger charge is 2.18. The number of carbonyl (C=O) groups is 1. The fourth-order valence-corrected chi connectivity index (χ4v) is 4.77. The molecule has 1 amide bonds. The average molecular weight is 453 g/mol. The van der Waals surface area contributed by atoms with Crippen LogP contribution in [0.4, 0.5) is 11.4 Å². The summed E-state index contributed by atoms with van der Waals surface area (Å²) in [5.41, 5.74) is 0.376. The predicted molar refractivity (Wildman–Crippen MR) is 122 cm³/mol. The van der Waals surface area contributed by atoms with Gasteiger partial charge in [-0.2, -0.15) is 0 Å². The first kappa shape index (κ1) is 20.8. The Hall–Kier alpha value is -3.50. The summed E-state index contributed by atoms with van der Waals surface area (Å²) in [6, 6.07) is 16.8. The van der Waals surface area contributed by atoms with Crippen molar-refractivity contribution in [3.63, 3.8) is 0 Å². The van der Waals surface area contributed by atoms with E-state index >= 15 is 0 Å². The molecule has 0 unspecified atom stereocenters. The number of nitro benzene ring substituents is 1. The Bertz CT molecular complexity index is 1350. The summed E-state index contributed by atoms with van der Waals surface area (Å²) >= 11 is 2.51. The number of nitrogens with one attached hydrogen (secondary N) is 1. The number of hydrogen-bond acceptors (Lipinski definition) is 7. The fraction of sp³-hybridized carbons (Fsp3) is 0.0952. The predicted octanol–water partition coefficient (Wildman–Crippen LogP) is 4.39. The first-order chi connectivity index (χ1) is 14.9. The quantitative estimate of drug-likeness (QED) is 0.201. The van der Waals surface area contributed by atoms with Crippen LogP contribution in [0.5, 0.6) is 0 Å². The van der Waals surface area contributed by atoms with E-state index < -0.39 is 10.8 Å². The van der Waals surface area contributed by atoms with Crippen LogP contribution in [0.1, 0.15) is 4.88 Å². The van der Waals surface area contributed by atoms with Crippen LogP contribution in [0.2, 0.25) is 0 Å². The van der Waals surface area contributed by atoms with Gasteiger partial charge in [0.25, 0.3) is 11.2 Å². The van der Waals surface area contributed by atoms with E-state index in [4.69, 9.17) is 0 Å². The van der Waals surface area contributed by atoms with Crippen LogP contribution in [0.15, 0.2) is 70.6 Å². The van der Waals surface area contributed by atoms with Crippen molar-refractivity contribution in [1.82, 2.24) is 9.55 Å². The molecule has 0 fully saturated rings. The summed E-state index contributed by atoms with van der Waals surface area (Å²) < 4.78 is 1.48. The molecule has 0 radical (unpaired) electrons. The van der Waals surface area contributed by atoms with Gasteiger partial charge in [0, 0.05) is 10.9 Å². The van der Waals surface area contributed by atoms with Gasteiger partial charge in [0.1, 0.15) is 10.5 Å². The number of anilines is 1. The van der Waals surface area contributed by atoms with Crippen LogP contribution >= 0.6 is 23.1 Å². The molecule has 4 aromatic rings. The molecule has 0 aliphatic carbocycles. The third kappa shape index (κ3) is 4.35. The van der Waals surface area contributed by atoms with Crippen molar-refractivity contribution in [2.24, 2.45) is 0 Å². The van der Waals surface area contributed by atoms with Crippen LogP contribution in [-0.4, -0.2) is 26.1 Å². The zero-order valence-electron chi connectivity index (χ0n) is 16.3. The fourth-order valence-electron chi connectivity index (χ4n) is 3.04. The molecule has 0 bridgehead atoms. The Morgan fingerprint density at radius 2 is 1.90 bits per heavy atom. The minimum atomic E-state index is -0.551. The van der Waals surface area contributed by atoms with Gasteiger partial charge in [-0.15, -0.1) is 11.3 Å². The zero-order valence-corrected chi connectivity index (χ0v) is 17.9. The van der Waals surface area contributed by atoms with Gasteiger partial charge in [-0.3, -0.25) is 24.3 Å². The molecule has 0 saturated carbocycles. The number of rotatable bonds is 6. The topological polar surface area (TPSA) is 107 Å². The second-order valence-electron chi connectivity index (χ2n) is 6.56. The van der Waals surface area contributed by atoms with Gasteiger partial charge >= 0.3 is 0 Å². The molecular formula is C21H16N4O4S2. The molecule has 0 atom stereocenters. The standard InChI is InChI=1S/C21H16N4O4S2/c1-13-11-15-19(31-13)23-21(24(20(15)27)14-7-3-2-4-8-14)30-12-18(26)22-16-9-5-6-10-17(16)25(28)29/h2-11H,12H2,1H3,(H,22,26). The van der Waals surface area contributed by atoms with Gasteiger partial charge in [0.15, 0.2) is 5.16 Å². The van der Waals surface area contributed by atoms with Crippen molar-refractivity contribution in [2.45, 2.75) is 12.1 Å². The summed E-state index contributed by atoms with van der Waals surface area (Å²) in [4.78, 5) is 42.4. The number of fused-ring (bicyclic) bond motifs is 1. The number of carbonyl (C=O) groups excluding carboxylic acids is 1. The van der Waals surface area contributed by atoms with Crippen LogP contribution in [-0.2, 0) is 4.79 Å². The van der Waals surface area contributed by atoms with E-state index in [1.165, 1.54) is 34.1 Å². The summed E-state index contributed by atoms with van der Waals surface area (Å²) in [5.74, 6) is -0.503. The van der Waals surface area contributed by atoms with E-state index in [1.54, 1.807) is 18.2 Å². The highest BCUT2D eigenvalue weighted by atomic mass is 32.2. The lowest BCUT2D eigenvalue weighted by molar-refractivity contribution is -0.383. The lowest BCUT2D eigenvalue weighted by atomic mass is 10.2. The molecule has 10 heteroatoms. The lowest BCUT2D eigenvalue weighted by Gasteiger charge is -2.12. The molecule has 1 N–H and O–H groups in total. The maximum atomic E-state index is 13.2. The Morgan fingerprint density at radius 1 is 1.19 bits per heavy atom. The summed E-state index contributed by atoms with van der Waals surface area (Å²) in [5, 5.41) is 14.6. The van der Waals surface area contributed by atoms with Gasteiger partial charge in [-0.25, -0.2) is 4.98 Å². The molecule has 2 heterocycles. The van der Waals surface area contributed by atoms with Gasteiger partial charge in [-0.1, -0.05) is 42.1 Å². The third-order valence-corrected chi connectivity index (χ3v) is 6.26. The molecule has 2 aromatic carbocycles. The number of para-hydroxylation sites is 3. The van der Waals surface area contributed by atoms with Gasteiger partial charge in [0.05, 0.1) is 21.7 Å². The molecule has 156 valence electrons. The van der Waals surface area contributed by atoms with Crippen molar-refractivity contribution in [2.75, 3.05) is 11.1 Å². The number of hydrogen-bond donors (Lipinski definition) is 1. The number of benzene rings is 2. The van der Waals surface area contributed by atoms with E-state index in [0.717, 1.165) is 16.6 Å². The number of nitrogens with zero attached hydrogens (tertiary/aromatic N) is 3. The number of amides is 1. The summed E-state index contributed by atoms with van der Waals surface area (Å²) in [7, 11) is 0. The van der Waals surface area contributed by atoms with E-state index in [9.17, 15) is 19.7 Å². The highest BCUT2D eigenvalue weighted by Crippen LogP contribution is 2.27. The minimum Gasteiger partial charge on any atom is -0.320 e. The van der Waals surface area contributed by atoms with Crippen LogP contribution in [0, 0.1) is 17.0 Å².